The van der Waals surface area contributed by atoms with Crippen molar-refractivity contribution in [3.05, 3.63) is 65.7 Å². The second-order valence-electron chi connectivity index (χ2n) is 6.20. The molecule has 25 heavy (non-hydrogen) atoms. The number of carbonyl (C=O) groups is 2. The maximum atomic E-state index is 12.1. The third-order valence-corrected chi connectivity index (χ3v) is 3.71. The van der Waals surface area contributed by atoms with E-state index in [0.29, 0.717) is 24.2 Å². The predicted octanol–water partition coefficient (Wildman–Crippen LogP) is 2.55. The first-order chi connectivity index (χ1) is 12.0. The summed E-state index contributed by atoms with van der Waals surface area (Å²) in [7, 11) is 4.01. The number of hydrogen-bond donors (Lipinski definition) is 2. The molecule has 0 saturated heterocycles. The smallest absolute Gasteiger partial charge is 0.251 e. The summed E-state index contributed by atoms with van der Waals surface area (Å²) in [5.41, 5.74) is 2.24. The fourth-order valence-corrected chi connectivity index (χ4v) is 2.39. The standard InChI is InChI=1S/C20H25N3O2/c1-23(2)14-6-13-21-20(25)17-9-11-18(12-10-17)22-19(24)15-16-7-4-3-5-8-16/h3-5,7-12H,6,13-15H2,1-2H3,(H,21,25)(H,22,24). The number of benzene rings is 2. The summed E-state index contributed by atoms with van der Waals surface area (Å²) in [4.78, 5) is 26.2. The number of rotatable bonds is 8. The first kappa shape index (κ1) is 18.7. The minimum absolute atomic E-state index is 0.0768. The molecule has 0 saturated carbocycles. The van der Waals surface area contributed by atoms with Crippen LogP contribution in [0.5, 0.6) is 0 Å². The summed E-state index contributed by atoms with van der Waals surface area (Å²) < 4.78 is 0. The lowest BCUT2D eigenvalue weighted by Gasteiger charge is -2.10. The van der Waals surface area contributed by atoms with E-state index in [1.165, 1.54) is 0 Å². The van der Waals surface area contributed by atoms with Crippen LogP contribution in [0.1, 0.15) is 22.3 Å². The van der Waals surface area contributed by atoms with E-state index in [0.717, 1.165) is 18.5 Å². The maximum absolute atomic E-state index is 12.1. The van der Waals surface area contributed by atoms with Gasteiger partial charge in [-0.15, -0.1) is 0 Å². The Bertz CT molecular complexity index is 682. The molecule has 0 heterocycles. The molecule has 5 nitrogen and oxygen atoms in total. The Morgan fingerprint density at radius 2 is 1.64 bits per heavy atom. The summed E-state index contributed by atoms with van der Waals surface area (Å²) in [5.74, 6) is -0.173. The minimum Gasteiger partial charge on any atom is -0.352 e. The predicted molar refractivity (Wildman–Crippen MR) is 101 cm³/mol. The van der Waals surface area contributed by atoms with Crippen molar-refractivity contribution >= 4 is 17.5 Å². The van der Waals surface area contributed by atoms with Gasteiger partial charge in [0.2, 0.25) is 5.91 Å². The molecule has 2 rings (SSSR count). The molecule has 0 aliphatic carbocycles. The van der Waals surface area contributed by atoms with Gasteiger partial charge in [-0.05, 0) is 56.9 Å². The van der Waals surface area contributed by atoms with Crippen LogP contribution in [0.2, 0.25) is 0 Å². The van der Waals surface area contributed by atoms with Crippen molar-refractivity contribution < 1.29 is 9.59 Å². The van der Waals surface area contributed by atoms with Crippen molar-refractivity contribution in [2.45, 2.75) is 12.8 Å². The number of carbonyl (C=O) groups excluding carboxylic acids is 2. The minimum atomic E-state index is -0.0964. The quantitative estimate of drug-likeness (QED) is 0.727. The average molecular weight is 339 g/mol. The molecule has 0 atom stereocenters. The van der Waals surface area contributed by atoms with E-state index in [1.807, 2.05) is 44.4 Å². The molecule has 0 aromatic heterocycles. The first-order valence-electron chi connectivity index (χ1n) is 8.41. The Morgan fingerprint density at radius 1 is 0.960 bits per heavy atom. The monoisotopic (exact) mass is 339 g/mol. The highest BCUT2D eigenvalue weighted by Gasteiger charge is 2.07. The zero-order valence-corrected chi connectivity index (χ0v) is 14.8. The van der Waals surface area contributed by atoms with Crippen molar-refractivity contribution in [1.29, 1.82) is 0 Å². The van der Waals surface area contributed by atoms with Gasteiger partial charge in [-0.2, -0.15) is 0 Å². The highest BCUT2D eigenvalue weighted by atomic mass is 16.2. The molecule has 0 radical (unpaired) electrons. The van der Waals surface area contributed by atoms with Crippen molar-refractivity contribution in [2.75, 3.05) is 32.5 Å². The molecule has 2 aromatic rings. The Morgan fingerprint density at radius 3 is 2.28 bits per heavy atom. The van der Waals surface area contributed by atoms with Crippen molar-refractivity contribution in [2.24, 2.45) is 0 Å². The van der Waals surface area contributed by atoms with Gasteiger partial charge in [-0.25, -0.2) is 0 Å². The molecule has 0 fully saturated rings. The lowest BCUT2D eigenvalue weighted by molar-refractivity contribution is -0.115. The number of amides is 2. The molecule has 0 spiro atoms. The molecule has 0 bridgehead atoms. The molecular formula is C20H25N3O2. The maximum Gasteiger partial charge on any atom is 0.251 e. The fraction of sp³-hybridized carbons (Fsp3) is 0.300. The second-order valence-corrected chi connectivity index (χ2v) is 6.20. The van der Waals surface area contributed by atoms with Crippen LogP contribution in [0.4, 0.5) is 5.69 Å². The van der Waals surface area contributed by atoms with E-state index in [4.69, 9.17) is 0 Å². The van der Waals surface area contributed by atoms with Gasteiger partial charge in [0.1, 0.15) is 0 Å². The number of hydrogen-bond acceptors (Lipinski definition) is 3. The van der Waals surface area contributed by atoms with Gasteiger partial charge in [-0.3, -0.25) is 9.59 Å². The zero-order valence-electron chi connectivity index (χ0n) is 14.8. The number of nitrogens with zero attached hydrogens (tertiary/aromatic N) is 1. The summed E-state index contributed by atoms with van der Waals surface area (Å²) in [6, 6.07) is 16.5. The van der Waals surface area contributed by atoms with Crippen molar-refractivity contribution in [3.8, 4) is 0 Å². The van der Waals surface area contributed by atoms with E-state index < -0.39 is 0 Å². The third-order valence-electron chi connectivity index (χ3n) is 3.71. The van der Waals surface area contributed by atoms with Crippen LogP contribution in [0.15, 0.2) is 54.6 Å². The van der Waals surface area contributed by atoms with Crippen LogP contribution in [0.3, 0.4) is 0 Å². The summed E-state index contributed by atoms with van der Waals surface area (Å²) in [5, 5.41) is 5.74. The average Bonchev–Trinajstić information content (AvgIpc) is 2.60. The van der Waals surface area contributed by atoms with Crippen LogP contribution in [-0.4, -0.2) is 43.9 Å². The van der Waals surface area contributed by atoms with Crippen molar-refractivity contribution in [1.82, 2.24) is 10.2 Å². The van der Waals surface area contributed by atoms with Crippen LogP contribution < -0.4 is 10.6 Å². The lowest BCUT2D eigenvalue weighted by atomic mass is 10.1. The summed E-state index contributed by atoms with van der Waals surface area (Å²) in [6.45, 7) is 1.58. The van der Waals surface area contributed by atoms with Gasteiger partial charge in [0, 0.05) is 17.8 Å². The van der Waals surface area contributed by atoms with Gasteiger partial charge in [-0.1, -0.05) is 30.3 Å². The van der Waals surface area contributed by atoms with Crippen LogP contribution in [0, 0.1) is 0 Å². The normalized spacial score (nSPS) is 10.5. The largest absolute Gasteiger partial charge is 0.352 e. The van der Waals surface area contributed by atoms with Gasteiger partial charge < -0.3 is 15.5 Å². The van der Waals surface area contributed by atoms with E-state index in [2.05, 4.69) is 15.5 Å². The SMILES string of the molecule is CN(C)CCCNC(=O)c1ccc(NC(=O)Cc2ccccc2)cc1. The van der Waals surface area contributed by atoms with E-state index >= 15 is 0 Å². The molecule has 132 valence electrons. The highest BCUT2D eigenvalue weighted by molar-refractivity contribution is 5.96. The summed E-state index contributed by atoms with van der Waals surface area (Å²) >= 11 is 0. The fourth-order valence-electron chi connectivity index (χ4n) is 2.39. The zero-order chi connectivity index (χ0) is 18.1. The number of nitrogens with one attached hydrogen (secondary N) is 2. The highest BCUT2D eigenvalue weighted by Crippen LogP contribution is 2.10. The molecule has 5 heteroatoms. The van der Waals surface area contributed by atoms with Gasteiger partial charge in [0.15, 0.2) is 0 Å². The van der Waals surface area contributed by atoms with Crippen LogP contribution >= 0.6 is 0 Å². The molecule has 2 aromatic carbocycles. The molecule has 0 aliphatic heterocycles. The van der Waals surface area contributed by atoms with Crippen LogP contribution in [-0.2, 0) is 11.2 Å². The Hall–Kier alpha value is -2.66. The Balaban J connectivity index is 1.80. The second kappa shape index (κ2) is 9.59. The van der Waals surface area contributed by atoms with Gasteiger partial charge in [0.05, 0.1) is 6.42 Å². The number of anilines is 1. The molecular weight excluding hydrogens is 314 g/mol. The first-order valence-corrected chi connectivity index (χ1v) is 8.41. The Labute approximate surface area is 149 Å². The molecule has 0 aliphatic rings. The molecule has 0 unspecified atom stereocenters. The molecule has 2 amide bonds. The molecule has 2 N–H and O–H groups in total. The van der Waals surface area contributed by atoms with Gasteiger partial charge >= 0.3 is 0 Å². The van der Waals surface area contributed by atoms with E-state index in [-0.39, 0.29) is 11.8 Å². The third kappa shape index (κ3) is 6.77. The Kier molecular flexibility index (Phi) is 7.16. The van der Waals surface area contributed by atoms with Crippen molar-refractivity contribution in [3.63, 3.8) is 0 Å². The van der Waals surface area contributed by atoms with E-state index in [9.17, 15) is 9.59 Å². The van der Waals surface area contributed by atoms with E-state index in [1.54, 1.807) is 24.3 Å². The van der Waals surface area contributed by atoms with Crippen LogP contribution in [0.25, 0.3) is 0 Å². The summed E-state index contributed by atoms with van der Waals surface area (Å²) in [6.07, 6.45) is 1.24. The topological polar surface area (TPSA) is 61.4 Å². The lowest BCUT2D eigenvalue weighted by Crippen LogP contribution is -2.27. The van der Waals surface area contributed by atoms with Gasteiger partial charge in [0.25, 0.3) is 5.91 Å².